The van der Waals surface area contributed by atoms with E-state index in [0.717, 1.165) is 18.4 Å². The van der Waals surface area contributed by atoms with Crippen molar-refractivity contribution in [2.75, 3.05) is 18.0 Å². The largest absolute Gasteiger partial charge is 0.497 e. The number of nitrogens with one attached hydrogen (secondary N) is 1. The second-order valence-electron chi connectivity index (χ2n) is 8.37. The Labute approximate surface area is 178 Å². The highest BCUT2D eigenvalue weighted by atomic mass is 32.2. The molecule has 3 atom stereocenters. The summed E-state index contributed by atoms with van der Waals surface area (Å²) in [7, 11) is -2.34. The Morgan fingerprint density at radius 1 is 1.07 bits per heavy atom. The number of sulfonamides is 1. The molecule has 2 aromatic rings. The highest BCUT2D eigenvalue weighted by molar-refractivity contribution is 7.92. The standard InChI is InChI=1S/C23H28N2O4S/c1-16-3-11-21(12-4-16)30(27,28)25(19-7-9-20(29-2)10-8-19)15-23(26)24-22-14-17-5-6-18(22)13-17/h3-4,7-12,17-18,22H,5-6,13-15H2,1-2H3,(H,24,26)/t17-,18-,22+/m1/s1. The first-order valence-corrected chi connectivity index (χ1v) is 11.8. The molecule has 0 saturated heterocycles. The minimum absolute atomic E-state index is 0.163. The first-order chi connectivity index (χ1) is 14.4. The van der Waals surface area contributed by atoms with Crippen molar-refractivity contribution in [2.45, 2.75) is 43.5 Å². The van der Waals surface area contributed by atoms with Gasteiger partial charge in [-0.1, -0.05) is 24.1 Å². The van der Waals surface area contributed by atoms with Crippen molar-refractivity contribution in [1.82, 2.24) is 5.32 Å². The molecule has 4 rings (SSSR count). The van der Waals surface area contributed by atoms with Crippen molar-refractivity contribution >= 4 is 21.6 Å². The predicted octanol–water partition coefficient (Wildman–Crippen LogP) is 3.50. The Morgan fingerprint density at radius 2 is 1.77 bits per heavy atom. The number of anilines is 1. The second-order valence-corrected chi connectivity index (χ2v) is 10.2. The van der Waals surface area contributed by atoms with Gasteiger partial charge in [0.2, 0.25) is 5.91 Å². The van der Waals surface area contributed by atoms with Crippen molar-refractivity contribution < 1.29 is 17.9 Å². The van der Waals surface area contributed by atoms with Crippen LogP contribution >= 0.6 is 0 Å². The van der Waals surface area contributed by atoms with Crippen LogP contribution in [0.1, 0.15) is 31.2 Å². The van der Waals surface area contributed by atoms with Crippen molar-refractivity contribution in [1.29, 1.82) is 0 Å². The number of aryl methyl sites for hydroxylation is 1. The number of methoxy groups -OCH3 is 1. The summed E-state index contributed by atoms with van der Waals surface area (Å²) in [5.74, 6) is 1.59. The topological polar surface area (TPSA) is 75.7 Å². The quantitative estimate of drug-likeness (QED) is 0.732. The fourth-order valence-corrected chi connectivity index (χ4v) is 6.13. The van der Waals surface area contributed by atoms with Gasteiger partial charge in [0.1, 0.15) is 12.3 Å². The van der Waals surface area contributed by atoms with Gasteiger partial charge in [0.25, 0.3) is 10.0 Å². The fraction of sp³-hybridized carbons (Fsp3) is 0.435. The second kappa shape index (κ2) is 8.30. The minimum Gasteiger partial charge on any atom is -0.497 e. The molecule has 1 amide bonds. The number of nitrogens with zero attached hydrogens (tertiary/aromatic N) is 1. The van der Waals surface area contributed by atoms with Crippen LogP contribution in [0, 0.1) is 18.8 Å². The van der Waals surface area contributed by atoms with Gasteiger partial charge in [-0.05, 0) is 74.4 Å². The normalized spacial score (nSPS) is 22.7. The number of ether oxygens (including phenoxy) is 1. The molecule has 0 aliphatic heterocycles. The number of fused-ring (bicyclic) bond motifs is 2. The number of carbonyl (C=O) groups excluding carboxylic acids is 1. The summed E-state index contributed by atoms with van der Waals surface area (Å²) in [5, 5.41) is 3.10. The first kappa shape index (κ1) is 20.7. The third kappa shape index (κ3) is 4.17. The van der Waals surface area contributed by atoms with E-state index in [1.807, 2.05) is 6.92 Å². The number of rotatable bonds is 7. The van der Waals surface area contributed by atoms with E-state index in [4.69, 9.17) is 4.74 Å². The van der Waals surface area contributed by atoms with Gasteiger partial charge in [-0.15, -0.1) is 0 Å². The Bertz CT molecular complexity index is 1000. The Kier molecular flexibility index (Phi) is 5.73. The molecule has 0 aromatic heterocycles. The maximum Gasteiger partial charge on any atom is 0.264 e. The number of hydrogen-bond acceptors (Lipinski definition) is 4. The van der Waals surface area contributed by atoms with Gasteiger partial charge in [-0.3, -0.25) is 9.10 Å². The number of hydrogen-bond donors (Lipinski definition) is 1. The summed E-state index contributed by atoms with van der Waals surface area (Å²) < 4.78 is 33.2. The van der Waals surface area contributed by atoms with Gasteiger partial charge >= 0.3 is 0 Å². The van der Waals surface area contributed by atoms with E-state index in [2.05, 4.69) is 5.32 Å². The molecule has 0 radical (unpaired) electrons. The third-order valence-electron chi connectivity index (χ3n) is 6.34. The van der Waals surface area contributed by atoms with Gasteiger partial charge in [0, 0.05) is 6.04 Å². The van der Waals surface area contributed by atoms with Crippen molar-refractivity contribution in [3.05, 3.63) is 54.1 Å². The Morgan fingerprint density at radius 3 is 2.33 bits per heavy atom. The average Bonchev–Trinajstić information content (AvgIpc) is 3.35. The van der Waals surface area contributed by atoms with Crippen LogP contribution in [-0.2, 0) is 14.8 Å². The van der Waals surface area contributed by atoms with Crippen molar-refractivity contribution in [3.63, 3.8) is 0 Å². The predicted molar refractivity (Wildman–Crippen MR) is 116 cm³/mol. The smallest absolute Gasteiger partial charge is 0.264 e. The lowest BCUT2D eigenvalue weighted by Gasteiger charge is -2.27. The monoisotopic (exact) mass is 428 g/mol. The van der Waals surface area contributed by atoms with E-state index in [9.17, 15) is 13.2 Å². The molecule has 2 aliphatic rings. The third-order valence-corrected chi connectivity index (χ3v) is 8.13. The lowest BCUT2D eigenvalue weighted by Crippen LogP contribution is -2.45. The summed E-state index contributed by atoms with van der Waals surface area (Å²) in [4.78, 5) is 13.0. The zero-order chi connectivity index (χ0) is 21.3. The van der Waals surface area contributed by atoms with Crippen LogP contribution in [0.15, 0.2) is 53.4 Å². The lowest BCUT2D eigenvalue weighted by molar-refractivity contribution is -0.120. The van der Waals surface area contributed by atoms with Crippen LogP contribution in [0.5, 0.6) is 5.75 Å². The molecule has 30 heavy (non-hydrogen) atoms. The zero-order valence-electron chi connectivity index (χ0n) is 17.4. The molecule has 6 nitrogen and oxygen atoms in total. The van der Waals surface area contributed by atoms with Crippen LogP contribution < -0.4 is 14.4 Å². The van der Waals surface area contributed by atoms with E-state index in [0.29, 0.717) is 23.3 Å². The van der Waals surface area contributed by atoms with Crippen LogP contribution in [-0.4, -0.2) is 34.0 Å². The maximum atomic E-state index is 13.4. The molecule has 2 aliphatic carbocycles. The van der Waals surface area contributed by atoms with Crippen LogP contribution in [0.4, 0.5) is 5.69 Å². The summed E-state index contributed by atoms with van der Waals surface area (Å²) in [6, 6.07) is 13.6. The molecule has 0 unspecified atom stereocenters. The van der Waals surface area contributed by atoms with Crippen LogP contribution in [0.2, 0.25) is 0 Å². The molecule has 7 heteroatoms. The van der Waals surface area contributed by atoms with Crippen molar-refractivity contribution in [3.8, 4) is 5.75 Å². The molecule has 0 heterocycles. The minimum atomic E-state index is -3.90. The summed E-state index contributed by atoms with van der Waals surface area (Å²) in [6.07, 6.45) is 4.58. The van der Waals surface area contributed by atoms with Crippen molar-refractivity contribution in [2.24, 2.45) is 11.8 Å². The number of carbonyl (C=O) groups is 1. The van der Waals surface area contributed by atoms with E-state index in [1.54, 1.807) is 55.6 Å². The van der Waals surface area contributed by atoms with E-state index < -0.39 is 10.0 Å². The number of benzene rings is 2. The van der Waals surface area contributed by atoms with Gasteiger partial charge in [-0.25, -0.2) is 8.42 Å². The summed E-state index contributed by atoms with van der Waals surface area (Å²) >= 11 is 0. The van der Waals surface area contributed by atoms with Gasteiger partial charge < -0.3 is 10.1 Å². The van der Waals surface area contributed by atoms with E-state index in [1.165, 1.54) is 17.1 Å². The molecule has 2 bridgehead atoms. The molecular weight excluding hydrogens is 400 g/mol. The molecule has 160 valence electrons. The average molecular weight is 429 g/mol. The number of amides is 1. The van der Waals surface area contributed by atoms with E-state index >= 15 is 0 Å². The van der Waals surface area contributed by atoms with Gasteiger partial charge in [-0.2, -0.15) is 0 Å². The van der Waals surface area contributed by atoms with E-state index in [-0.39, 0.29) is 23.4 Å². The molecule has 2 saturated carbocycles. The maximum absolute atomic E-state index is 13.4. The highest BCUT2D eigenvalue weighted by Crippen LogP contribution is 2.44. The molecule has 2 fully saturated rings. The first-order valence-electron chi connectivity index (χ1n) is 10.4. The fourth-order valence-electron chi connectivity index (χ4n) is 4.71. The highest BCUT2D eigenvalue weighted by Gasteiger charge is 2.40. The molecule has 1 N–H and O–H groups in total. The molecular formula is C23H28N2O4S. The zero-order valence-corrected chi connectivity index (χ0v) is 18.2. The Hall–Kier alpha value is -2.54. The molecule has 2 aromatic carbocycles. The molecule has 0 spiro atoms. The summed E-state index contributed by atoms with van der Waals surface area (Å²) in [6.45, 7) is 1.65. The summed E-state index contributed by atoms with van der Waals surface area (Å²) in [5.41, 5.74) is 1.40. The van der Waals surface area contributed by atoms with Gasteiger partial charge in [0.05, 0.1) is 17.7 Å². The van der Waals surface area contributed by atoms with Gasteiger partial charge in [0.15, 0.2) is 0 Å². The lowest BCUT2D eigenvalue weighted by atomic mass is 9.95. The van der Waals surface area contributed by atoms with Crippen LogP contribution in [0.25, 0.3) is 0 Å². The SMILES string of the molecule is COc1ccc(N(CC(=O)N[C@H]2C[C@@H]3CC[C@@H]2C3)S(=O)(=O)c2ccc(C)cc2)cc1. The van der Waals surface area contributed by atoms with Crippen LogP contribution in [0.3, 0.4) is 0 Å². The Balaban J connectivity index is 1.59.